The van der Waals surface area contributed by atoms with Gasteiger partial charge in [0.2, 0.25) is 0 Å². The zero-order valence-corrected chi connectivity index (χ0v) is 12.7. The van der Waals surface area contributed by atoms with Crippen molar-refractivity contribution in [2.45, 2.75) is 58.3 Å². The van der Waals surface area contributed by atoms with Gasteiger partial charge >= 0.3 is 0 Å². The zero-order chi connectivity index (χ0) is 14.0. The van der Waals surface area contributed by atoms with Crippen molar-refractivity contribution in [2.75, 3.05) is 0 Å². The van der Waals surface area contributed by atoms with Gasteiger partial charge in [-0.3, -0.25) is 0 Å². The summed E-state index contributed by atoms with van der Waals surface area (Å²) >= 11 is 0. The number of fused-ring (bicyclic) bond motifs is 1. The summed E-state index contributed by atoms with van der Waals surface area (Å²) in [6.45, 7) is 2.27. The van der Waals surface area contributed by atoms with Crippen LogP contribution < -0.4 is 0 Å². The Balaban J connectivity index is 1.66. The van der Waals surface area contributed by atoms with Gasteiger partial charge in [0.1, 0.15) is 0 Å². The number of allylic oxidation sites excluding steroid dienone is 1. The third-order valence-corrected chi connectivity index (χ3v) is 3.87. The molecular formula is C19H27N. The fourth-order valence-corrected chi connectivity index (χ4v) is 2.64. The number of benzene rings is 1. The van der Waals surface area contributed by atoms with E-state index in [-0.39, 0.29) is 0 Å². The first-order valence-electron chi connectivity index (χ1n) is 8.14. The van der Waals surface area contributed by atoms with Crippen LogP contribution >= 0.6 is 0 Å². The summed E-state index contributed by atoms with van der Waals surface area (Å²) in [5.74, 6) is 0. The first kappa shape index (κ1) is 14.9. The van der Waals surface area contributed by atoms with Crippen molar-refractivity contribution in [3.05, 3.63) is 42.6 Å². The van der Waals surface area contributed by atoms with Crippen molar-refractivity contribution in [3.63, 3.8) is 0 Å². The lowest BCUT2D eigenvalue weighted by Gasteiger charge is -2.00. The molecule has 2 rings (SSSR count). The van der Waals surface area contributed by atoms with Crippen LogP contribution in [0.2, 0.25) is 0 Å². The first-order chi connectivity index (χ1) is 9.92. The molecule has 0 atom stereocenters. The van der Waals surface area contributed by atoms with E-state index in [4.69, 9.17) is 0 Å². The Morgan fingerprint density at radius 1 is 0.900 bits per heavy atom. The standard InChI is InChI=1S/C19H27N/c1-2-3-4-5-6-7-8-9-12-16-20-17-15-18-13-10-11-14-19(18)20/h10-17H,2-9H2,1H3. The second-order valence-electron chi connectivity index (χ2n) is 5.58. The van der Waals surface area contributed by atoms with Crippen LogP contribution in [0.1, 0.15) is 58.3 Å². The average Bonchev–Trinajstić information content (AvgIpc) is 2.89. The molecular weight excluding hydrogens is 242 g/mol. The van der Waals surface area contributed by atoms with Crippen molar-refractivity contribution in [3.8, 4) is 0 Å². The smallest absolute Gasteiger partial charge is 0.0522 e. The molecule has 0 bridgehead atoms. The van der Waals surface area contributed by atoms with Crippen molar-refractivity contribution >= 4 is 17.1 Å². The summed E-state index contributed by atoms with van der Waals surface area (Å²) in [5, 5.41) is 1.31. The first-order valence-corrected chi connectivity index (χ1v) is 8.14. The maximum atomic E-state index is 2.30. The van der Waals surface area contributed by atoms with Gasteiger partial charge in [-0.1, -0.05) is 69.7 Å². The predicted octanol–water partition coefficient (Wildman–Crippen LogP) is 6.25. The van der Waals surface area contributed by atoms with Crippen LogP contribution in [0.5, 0.6) is 0 Å². The molecule has 0 radical (unpaired) electrons. The Bertz CT molecular complexity index is 521. The van der Waals surface area contributed by atoms with Gasteiger partial charge in [0.05, 0.1) is 5.52 Å². The van der Waals surface area contributed by atoms with Crippen molar-refractivity contribution in [1.29, 1.82) is 0 Å². The Hall–Kier alpha value is -1.50. The minimum Gasteiger partial charge on any atom is -0.324 e. The number of unbranched alkanes of at least 4 members (excludes halogenated alkanes) is 7. The van der Waals surface area contributed by atoms with Crippen molar-refractivity contribution in [2.24, 2.45) is 0 Å². The van der Waals surface area contributed by atoms with Crippen LogP contribution in [0.4, 0.5) is 0 Å². The minimum atomic E-state index is 1.19. The van der Waals surface area contributed by atoms with Crippen LogP contribution in [0, 0.1) is 0 Å². The monoisotopic (exact) mass is 269 g/mol. The molecule has 20 heavy (non-hydrogen) atoms. The molecule has 0 fully saturated rings. The maximum absolute atomic E-state index is 2.30. The van der Waals surface area contributed by atoms with Gasteiger partial charge in [-0.05, 0) is 30.4 Å². The van der Waals surface area contributed by atoms with E-state index in [1.807, 2.05) is 0 Å². The third-order valence-electron chi connectivity index (χ3n) is 3.87. The number of rotatable bonds is 9. The SMILES string of the molecule is CCCCCCCCCC=Cn1ccc2ccccc21. The van der Waals surface area contributed by atoms with Gasteiger partial charge in [0.15, 0.2) is 0 Å². The molecule has 0 N–H and O–H groups in total. The Labute approximate surface area is 123 Å². The molecule has 1 aromatic heterocycles. The summed E-state index contributed by atoms with van der Waals surface area (Å²) in [6.07, 6.45) is 17.5. The van der Waals surface area contributed by atoms with Crippen molar-refractivity contribution in [1.82, 2.24) is 4.57 Å². The van der Waals surface area contributed by atoms with E-state index in [0.29, 0.717) is 0 Å². The largest absolute Gasteiger partial charge is 0.324 e. The zero-order valence-electron chi connectivity index (χ0n) is 12.7. The summed E-state index contributed by atoms with van der Waals surface area (Å²) in [5.41, 5.74) is 1.29. The third kappa shape index (κ3) is 4.56. The van der Waals surface area contributed by atoms with Crippen LogP contribution in [-0.2, 0) is 0 Å². The summed E-state index contributed by atoms with van der Waals surface area (Å²) < 4.78 is 2.22. The van der Waals surface area contributed by atoms with Gasteiger partial charge in [-0.25, -0.2) is 0 Å². The maximum Gasteiger partial charge on any atom is 0.0522 e. The minimum absolute atomic E-state index is 1.19. The van der Waals surface area contributed by atoms with Crippen molar-refractivity contribution < 1.29 is 0 Å². The molecule has 0 aliphatic heterocycles. The van der Waals surface area contributed by atoms with E-state index in [1.165, 1.54) is 62.3 Å². The predicted molar refractivity (Wildman–Crippen MR) is 89.9 cm³/mol. The fraction of sp³-hybridized carbons (Fsp3) is 0.474. The Morgan fingerprint density at radius 3 is 2.50 bits per heavy atom. The van der Waals surface area contributed by atoms with Gasteiger partial charge in [0, 0.05) is 12.4 Å². The summed E-state index contributed by atoms with van der Waals surface area (Å²) in [4.78, 5) is 0. The van der Waals surface area contributed by atoms with Crippen LogP contribution in [0.15, 0.2) is 42.6 Å². The molecule has 0 unspecified atom stereocenters. The molecule has 0 saturated carbocycles. The number of hydrogen-bond acceptors (Lipinski definition) is 0. The van der Waals surface area contributed by atoms with E-state index in [1.54, 1.807) is 0 Å². The normalized spacial score (nSPS) is 11.7. The number of aromatic nitrogens is 1. The second-order valence-corrected chi connectivity index (χ2v) is 5.58. The van der Waals surface area contributed by atoms with Crippen LogP contribution in [0.25, 0.3) is 17.1 Å². The second kappa shape index (κ2) is 8.63. The molecule has 0 amide bonds. The Morgan fingerprint density at radius 2 is 1.65 bits per heavy atom. The molecule has 108 valence electrons. The lowest BCUT2D eigenvalue weighted by molar-refractivity contribution is 0.592. The van der Waals surface area contributed by atoms with Gasteiger partial charge in [-0.2, -0.15) is 0 Å². The van der Waals surface area contributed by atoms with E-state index < -0.39 is 0 Å². The topological polar surface area (TPSA) is 4.93 Å². The molecule has 0 spiro atoms. The highest BCUT2D eigenvalue weighted by atomic mass is 14.9. The highest BCUT2D eigenvalue weighted by Crippen LogP contribution is 2.15. The molecule has 0 aliphatic rings. The highest BCUT2D eigenvalue weighted by molar-refractivity contribution is 5.81. The summed E-state index contributed by atoms with van der Waals surface area (Å²) in [6, 6.07) is 10.7. The molecule has 2 aromatic rings. The molecule has 1 heterocycles. The molecule has 0 aliphatic carbocycles. The van der Waals surface area contributed by atoms with Crippen LogP contribution in [0.3, 0.4) is 0 Å². The van der Waals surface area contributed by atoms with Crippen LogP contribution in [-0.4, -0.2) is 4.57 Å². The molecule has 1 aromatic carbocycles. The molecule has 0 saturated heterocycles. The van der Waals surface area contributed by atoms with E-state index in [2.05, 4.69) is 60.3 Å². The fourth-order valence-electron chi connectivity index (χ4n) is 2.64. The summed E-state index contributed by atoms with van der Waals surface area (Å²) in [7, 11) is 0. The highest BCUT2D eigenvalue weighted by Gasteiger charge is 1.95. The molecule has 1 heteroatoms. The Kier molecular flexibility index (Phi) is 6.43. The van der Waals surface area contributed by atoms with Gasteiger partial charge in [0.25, 0.3) is 0 Å². The lowest BCUT2D eigenvalue weighted by atomic mass is 10.1. The lowest BCUT2D eigenvalue weighted by Crippen LogP contribution is -1.83. The van der Waals surface area contributed by atoms with E-state index in [9.17, 15) is 0 Å². The van der Waals surface area contributed by atoms with Gasteiger partial charge in [-0.15, -0.1) is 0 Å². The quantitative estimate of drug-likeness (QED) is 0.474. The van der Waals surface area contributed by atoms with E-state index in [0.717, 1.165) is 0 Å². The number of nitrogens with zero attached hydrogens (tertiary/aromatic N) is 1. The van der Waals surface area contributed by atoms with E-state index >= 15 is 0 Å². The number of hydrogen-bond donors (Lipinski definition) is 0. The number of para-hydroxylation sites is 1. The average molecular weight is 269 g/mol. The van der Waals surface area contributed by atoms with Gasteiger partial charge < -0.3 is 4.57 Å². The molecule has 1 nitrogen and oxygen atoms in total.